The summed E-state index contributed by atoms with van der Waals surface area (Å²) >= 11 is 0. The van der Waals surface area contributed by atoms with Gasteiger partial charge in [-0.25, -0.2) is 0 Å². The van der Waals surface area contributed by atoms with Gasteiger partial charge >= 0.3 is 0 Å². The van der Waals surface area contributed by atoms with Crippen LogP contribution in [0.4, 0.5) is 0 Å². The van der Waals surface area contributed by atoms with Crippen LogP contribution in [0.5, 0.6) is 0 Å². The molecule has 12 aromatic carbocycles. The Labute approximate surface area is 662 Å². The fourth-order valence-corrected chi connectivity index (χ4v) is 16.1. The fraction of sp³-hybridized carbons (Fsp3) is 0.200. The molecular formula is C100H86N10O4. The first kappa shape index (κ1) is 71.1. The van der Waals surface area contributed by atoms with E-state index in [9.17, 15) is 0 Å². The zero-order valence-corrected chi connectivity index (χ0v) is 66.1. The minimum atomic E-state index is 0.0321. The number of benzene rings is 12. The smallest absolute Gasteiger partial charge is 0.248 e. The molecule has 0 bridgehead atoms. The Morgan fingerprint density at radius 3 is 0.509 bits per heavy atom. The number of nitrogens with zero attached hydrogens (tertiary/aromatic N) is 10. The van der Waals surface area contributed by atoms with Crippen molar-refractivity contribution in [2.24, 2.45) is 0 Å². The van der Waals surface area contributed by atoms with E-state index in [1.807, 2.05) is 0 Å². The first-order valence-corrected chi connectivity index (χ1v) is 39.3. The molecule has 19 rings (SSSR count). The number of fused-ring (bicyclic) bond motifs is 6. The van der Waals surface area contributed by atoms with Crippen molar-refractivity contribution in [3.63, 3.8) is 0 Å². The third-order valence-corrected chi connectivity index (χ3v) is 23.0. The summed E-state index contributed by atoms with van der Waals surface area (Å²) in [6.45, 7) is 26.5. The van der Waals surface area contributed by atoms with Gasteiger partial charge in [-0.1, -0.05) is 204 Å². The van der Waals surface area contributed by atoms with Gasteiger partial charge < -0.3 is 26.8 Å². The van der Waals surface area contributed by atoms with Crippen molar-refractivity contribution >= 4 is 43.6 Å². The first-order chi connectivity index (χ1) is 54.9. The Morgan fingerprint density at radius 2 is 0.351 bits per heavy atom. The quantitative estimate of drug-likeness (QED) is 0.101. The number of hydrogen-bond donors (Lipinski definition) is 0. The predicted molar refractivity (Wildman–Crippen MR) is 458 cm³/mol. The van der Waals surface area contributed by atoms with Crippen LogP contribution in [0.15, 0.2) is 285 Å². The van der Waals surface area contributed by atoms with Gasteiger partial charge in [-0.05, 0) is 247 Å². The van der Waals surface area contributed by atoms with Crippen LogP contribution in [0.25, 0.3) is 180 Å². The average molecular weight is 1490 g/mol. The van der Waals surface area contributed by atoms with E-state index in [1.54, 1.807) is 0 Å². The van der Waals surface area contributed by atoms with E-state index in [1.165, 1.54) is 65.9 Å². The molecule has 0 saturated heterocycles. The van der Waals surface area contributed by atoms with Gasteiger partial charge in [0.25, 0.3) is 0 Å². The molecule has 2 atom stereocenters. The van der Waals surface area contributed by atoms with Crippen molar-refractivity contribution in [2.45, 2.75) is 130 Å². The highest BCUT2D eigenvalue weighted by Crippen LogP contribution is 2.52. The molecule has 14 nitrogen and oxygen atoms in total. The molecule has 0 radical (unpaired) electrons. The molecule has 6 aromatic heterocycles. The van der Waals surface area contributed by atoms with E-state index >= 15 is 0 Å². The van der Waals surface area contributed by atoms with Crippen LogP contribution in [-0.4, -0.2) is 49.9 Å². The lowest BCUT2D eigenvalue weighted by Crippen LogP contribution is -2.31. The molecule has 1 saturated carbocycles. The Kier molecular flexibility index (Phi) is 17.1. The second kappa shape index (κ2) is 27.3. The summed E-state index contributed by atoms with van der Waals surface area (Å²) in [5.74, 6) is 3.84. The van der Waals surface area contributed by atoms with Crippen molar-refractivity contribution in [2.75, 3.05) is 0 Å². The van der Waals surface area contributed by atoms with Crippen LogP contribution in [0.2, 0.25) is 0 Å². The summed E-state index contributed by atoms with van der Waals surface area (Å²) in [6, 6.07) is 95.6. The zero-order chi connectivity index (χ0) is 78.1. The van der Waals surface area contributed by atoms with Crippen LogP contribution in [-0.2, 0) is 21.7 Å². The van der Waals surface area contributed by atoms with E-state index in [-0.39, 0.29) is 33.7 Å². The number of aromatic nitrogens is 10. The van der Waals surface area contributed by atoms with Crippen molar-refractivity contribution in [1.29, 1.82) is 0 Å². The monoisotopic (exact) mass is 1490 g/mol. The van der Waals surface area contributed by atoms with Crippen molar-refractivity contribution in [3.8, 4) is 136 Å². The summed E-state index contributed by atoms with van der Waals surface area (Å²) in [5, 5.41) is 40.7. The summed E-state index contributed by atoms with van der Waals surface area (Å²) < 4.78 is 30.6. The normalized spacial score (nSPS) is 14.2. The topological polar surface area (TPSA) is 166 Å². The van der Waals surface area contributed by atoms with Crippen molar-refractivity contribution in [3.05, 3.63) is 289 Å². The molecule has 6 heterocycles. The average Bonchev–Trinajstić information content (AvgIpc) is 1.55. The molecule has 14 heteroatoms. The largest absolute Gasteiger partial charge is 0.416 e. The van der Waals surface area contributed by atoms with Crippen LogP contribution in [0.1, 0.15) is 130 Å². The maximum Gasteiger partial charge on any atom is 0.248 e. The minimum absolute atomic E-state index is 0.0321. The van der Waals surface area contributed by atoms with Gasteiger partial charge in [-0.15, -0.1) is 40.8 Å². The SMILES string of the molecule is CC(C)(C)c1ccc(-c2nnc(-c3ccc(-c4ccc5c(c4)c4cc(-c6ccc(-c7nnc(-c8ccc(C(C)(C)C)cc8)o7)cc6)ccc4n5[C@@H]4CC[C@H]4n4c5ccc(-c6ccc(-c7nnc(-c8ccc(C(C)(C)C)cc8)o7)cc6)cc5c5cc(-c6ccc(-c7nnc(-c8ccc(C(C)(C)C)cc8)o7)cc6)ccc54)cc3)o2)cc1. The zero-order valence-electron chi connectivity index (χ0n) is 66.1. The second-order valence-corrected chi connectivity index (χ2v) is 34.6. The molecule has 0 N–H and O–H groups in total. The Morgan fingerprint density at radius 1 is 0.202 bits per heavy atom. The molecule has 560 valence electrons. The first-order valence-electron chi connectivity index (χ1n) is 39.3. The third-order valence-electron chi connectivity index (χ3n) is 23.0. The van der Waals surface area contributed by atoms with E-state index < -0.39 is 0 Å². The molecule has 1 fully saturated rings. The van der Waals surface area contributed by atoms with Crippen LogP contribution < -0.4 is 0 Å². The van der Waals surface area contributed by atoms with E-state index in [0.29, 0.717) is 47.1 Å². The highest BCUT2D eigenvalue weighted by Gasteiger charge is 2.38. The van der Waals surface area contributed by atoms with E-state index in [0.717, 1.165) is 102 Å². The van der Waals surface area contributed by atoms with Crippen molar-refractivity contribution in [1.82, 2.24) is 49.9 Å². The molecule has 114 heavy (non-hydrogen) atoms. The second-order valence-electron chi connectivity index (χ2n) is 34.6. The fourth-order valence-electron chi connectivity index (χ4n) is 16.1. The van der Waals surface area contributed by atoms with Gasteiger partial charge in [0.05, 0.1) is 12.1 Å². The summed E-state index contributed by atoms with van der Waals surface area (Å²) in [5.41, 5.74) is 25.5. The van der Waals surface area contributed by atoms with Gasteiger partial charge in [0.2, 0.25) is 47.1 Å². The molecule has 1 aliphatic carbocycles. The molecule has 0 unspecified atom stereocenters. The van der Waals surface area contributed by atoms with Gasteiger partial charge in [-0.2, -0.15) is 0 Å². The molecule has 0 amide bonds. The Balaban J connectivity index is 0.683. The van der Waals surface area contributed by atoms with Gasteiger partial charge in [0.15, 0.2) is 0 Å². The third kappa shape index (κ3) is 13.2. The van der Waals surface area contributed by atoms with Gasteiger partial charge in [-0.3, -0.25) is 0 Å². The maximum atomic E-state index is 6.33. The summed E-state index contributed by atoms with van der Waals surface area (Å²) in [6.07, 6.45) is 1.97. The van der Waals surface area contributed by atoms with Gasteiger partial charge in [0.1, 0.15) is 0 Å². The highest BCUT2D eigenvalue weighted by atomic mass is 16.4. The standard InChI is InChI=1S/C100H86N10O4/c1-97(2,3)75-41-29-67(30-42-75)93-105-101-89(111-93)63-21-13-59(14-22-63)71-37-49-83-79(55-71)80-56-72(60-15-23-64(24-16-60)90-102-106-94(112-90)68-31-43-76(44-32-68)98(4,5)6)38-50-84(80)109(83)87-53-54-88(87)110-85-51-39-73(61-17-25-65(26-18-61)91-103-107-95(113-91)69-33-45-77(46-34-69)99(7,8)9)57-81(85)82-58-74(40-52-86(82)110)62-19-27-66(28-20-62)92-104-108-96(114-92)70-35-47-78(48-36-70)100(10,11)12/h13-52,55-58,87-88H,53-54H2,1-12H3/t87-,88-/m1/s1. The Hall–Kier alpha value is -13.2. The molecule has 0 aliphatic heterocycles. The highest BCUT2D eigenvalue weighted by molar-refractivity contribution is 6.12. The lowest BCUT2D eigenvalue weighted by atomic mass is 9.85. The molecular weight excluding hydrogens is 1410 g/mol. The van der Waals surface area contributed by atoms with Crippen LogP contribution in [0.3, 0.4) is 0 Å². The number of rotatable bonds is 14. The van der Waals surface area contributed by atoms with Crippen LogP contribution in [0, 0.1) is 0 Å². The lowest BCUT2D eigenvalue weighted by molar-refractivity contribution is 0.205. The lowest BCUT2D eigenvalue weighted by Gasteiger charge is -2.40. The predicted octanol–water partition coefficient (Wildman–Crippen LogP) is 26.2. The Bertz CT molecular complexity index is 5850. The number of hydrogen-bond acceptors (Lipinski definition) is 12. The molecule has 0 spiro atoms. The summed E-state index contributed by atoms with van der Waals surface area (Å²) in [4.78, 5) is 0. The summed E-state index contributed by atoms with van der Waals surface area (Å²) in [7, 11) is 0. The maximum absolute atomic E-state index is 6.33. The molecule has 18 aromatic rings. The molecule has 1 aliphatic rings. The van der Waals surface area contributed by atoms with Crippen molar-refractivity contribution < 1.29 is 17.7 Å². The van der Waals surface area contributed by atoms with E-state index in [4.69, 9.17) is 17.7 Å². The van der Waals surface area contributed by atoms with E-state index in [2.05, 4.69) is 400 Å². The minimum Gasteiger partial charge on any atom is -0.416 e. The van der Waals surface area contributed by atoms with Crippen LogP contribution >= 0.6 is 0 Å². The van der Waals surface area contributed by atoms with Gasteiger partial charge in [0, 0.05) is 88.1 Å².